The predicted octanol–water partition coefficient (Wildman–Crippen LogP) is 0.992. The van der Waals surface area contributed by atoms with Gasteiger partial charge in [0.15, 0.2) is 0 Å². The summed E-state index contributed by atoms with van der Waals surface area (Å²) in [5.74, 6) is -0.0568. The molecule has 0 atom stereocenters. The molecule has 7 nitrogen and oxygen atoms in total. The number of carbonyl (C=O) groups is 2. The van der Waals surface area contributed by atoms with Crippen molar-refractivity contribution in [1.82, 2.24) is 15.1 Å². The maximum Gasteiger partial charge on any atom is 0.317 e. The highest BCUT2D eigenvalue weighted by molar-refractivity contribution is 5.74. The van der Waals surface area contributed by atoms with Gasteiger partial charge in [0.1, 0.15) is 0 Å². The first kappa shape index (κ1) is 18.0. The fourth-order valence-electron chi connectivity index (χ4n) is 2.80. The van der Waals surface area contributed by atoms with Crippen molar-refractivity contribution < 1.29 is 19.4 Å². The lowest BCUT2D eigenvalue weighted by atomic mass is 9.85. The molecule has 0 spiro atoms. The molecule has 2 fully saturated rings. The Bertz CT molecular complexity index is 408. The van der Waals surface area contributed by atoms with Crippen molar-refractivity contribution in [1.29, 1.82) is 0 Å². The van der Waals surface area contributed by atoms with Crippen LogP contribution in [0.25, 0.3) is 0 Å². The molecule has 0 heterocycles. The van der Waals surface area contributed by atoms with E-state index >= 15 is 0 Å². The molecule has 0 saturated heterocycles. The van der Waals surface area contributed by atoms with Gasteiger partial charge in [0.05, 0.1) is 13.2 Å². The number of nitrogens with one attached hydrogen (secondary N) is 1. The van der Waals surface area contributed by atoms with Gasteiger partial charge in [-0.3, -0.25) is 9.69 Å². The topological polar surface area (TPSA) is 82.1 Å². The van der Waals surface area contributed by atoms with Gasteiger partial charge in [-0.2, -0.15) is 0 Å². The summed E-state index contributed by atoms with van der Waals surface area (Å²) < 4.78 is 5.54. The summed E-state index contributed by atoms with van der Waals surface area (Å²) in [5, 5.41) is 11.9. The SMILES string of the molecule is CCN(CC(=O)O)C1CC(NC(=O)N(C)CCOCC2CC2)C1. The lowest BCUT2D eigenvalue weighted by molar-refractivity contribution is -0.139. The van der Waals surface area contributed by atoms with Gasteiger partial charge in [0, 0.05) is 32.3 Å². The van der Waals surface area contributed by atoms with E-state index in [-0.39, 0.29) is 24.7 Å². The summed E-state index contributed by atoms with van der Waals surface area (Å²) >= 11 is 0. The van der Waals surface area contributed by atoms with Crippen molar-refractivity contribution in [3.05, 3.63) is 0 Å². The normalized spacial score (nSPS) is 23.4. The van der Waals surface area contributed by atoms with Crippen LogP contribution in [0.15, 0.2) is 0 Å². The maximum absolute atomic E-state index is 12.1. The van der Waals surface area contributed by atoms with Crippen molar-refractivity contribution in [3.63, 3.8) is 0 Å². The standard InChI is InChI=1S/C16H29N3O4/c1-3-19(10-15(20)21)14-8-13(9-14)17-16(22)18(2)6-7-23-11-12-4-5-12/h12-14H,3-11H2,1-2H3,(H,17,22)(H,20,21). The molecule has 0 unspecified atom stereocenters. The number of carboxylic acid groups (broad SMARTS) is 1. The van der Waals surface area contributed by atoms with Gasteiger partial charge in [0.25, 0.3) is 0 Å². The number of aliphatic carboxylic acids is 1. The molecule has 2 saturated carbocycles. The number of hydrogen-bond acceptors (Lipinski definition) is 4. The number of carboxylic acids is 1. The zero-order valence-corrected chi connectivity index (χ0v) is 14.2. The molecule has 0 bridgehead atoms. The molecule has 0 aliphatic heterocycles. The predicted molar refractivity (Wildman–Crippen MR) is 86.4 cm³/mol. The monoisotopic (exact) mass is 327 g/mol. The van der Waals surface area contributed by atoms with Gasteiger partial charge in [-0.25, -0.2) is 4.79 Å². The van der Waals surface area contributed by atoms with Crippen LogP contribution in [0.4, 0.5) is 4.79 Å². The Morgan fingerprint density at radius 2 is 2.00 bits per heavy atom. The van der Waals surface area contributed by atoms with Crippen LogP contribution >= 0.6 is 0 Å². The summed E-state index contributed by atoms with van der Waals surface area (Å²) in [5.41, 5.74) is 0. The average molecular weight is 327 g/mol. The summed E-state index contributed by atoms with van der Waals surface area (Å²) in [4.78, 5) is 26.5. The Kier molecular flexibility index (Phi) is 6.65. The lowest BCUT2D eigenvalue weighted by Crippen LogP contribution is -2.56. The number of nitrogens with zero attached hydrogens (tertiary/aromatic N) is 2. The largest absolute Gasteiger partial charge is 0.480 e. The number of hydrogen-bond donors (Lipinski definition) is 2. The molecule has 0 aromatic carbocycles. The van der Waals surface area contributed by atoms with E-state index in [0.29, 0.717) is 13.2 Å². The Labute approximate surface area is 138 Å². The Morgan fingerprint density at radius 3 is 2.57 bits per heavy atom. The van der Waals surface area contributed by atoms with E-state index < -0.39 is 5.97 Å². The third-order valence-corrected chi connectivity index (χ3v) is 4.67. The van der Waals surface area contributed by atoms with Gasteiger partial charge < -0.3 is 20.1 Å². The van der Waals surface area contributed by atoms with E-state index in [2.05, 4.69) is 5.32 Å². The van der Waals surface area contributed by atoms with Crippen molar-refractivity contribution in [2.45, 2.75) is 44.7 Å². The molecule has 0 radical (unpaired) electrons. The van der Waals surface area contributed by atoms with E-state index in [1.807, 2.05) is 11.8 Å². The highest BCUT2D eigenvalue weighted by atomic mass is 16.5. The smallest absolute Gasteiger partial charge is 0.317 e. The minimum atomic E-state index is -0.801. The fraction of sp³-hybridized carbons (Fsp3) is 0.875. The number of urea groups is 1. The Balaban J connectivity index is 1.57. The van der Waals surface area contributed by atoms with Crippen molar-refractivity contribution in [2.24, 2.45) is 5.92 Å². The van der Waals surface area contributed by atoms with Gasteiger partial charge in [0.2, 0.25) is 0 Å². The first-order valence-corrected chi connectivity index (χ1v) is 8.54. The number of amides is 2. The molecule has 23 heavy (non-hydrogen) atoms. The molecule has 2 aliphatic carbocycles. The van der Waals surface area contributed by atoms with Gasteiger partial charge >= 0.3 is 12.0 Å². The van der Waals surface area contributed by atoms with Crippen LogP contribution in [-0.2, 0) is 9.53 Å². The summed E-state index contributed by atoms with van der Waals surface area (Å²) in [6, 6.07) is 0.323. The number of rotatable bonds is 10. The van der Waals surface area contributed by atoms with Crippen LogP contribution in [0, 0.1) is 5.92 Å². The van der Waals surface area contributed by atoms with E-state index in [0.717, 1.165) is 31.9 Å². The molecule has 0 aromatic heterocycles. The fourth-order valence-corrected chi connectivity index (χ4v) is 2.80. The molecule has 2 rings (SSSR count). The van der Waals surface area contributed by atoms with Crippen LogP contribution in [0.3, 0.4) is 0 Å². The average Bonchev–Trinajstić information content (AvgIpc) is 3.28. The van der Waals surface area contributed by atoms with E-state index in [1.165, 1.54) is 12.8 Å². The first-order chi connectivity index (χ1) is 11.0. The van der Waals surface area contributed by atoms with Crippen LogP contribution < -0.4 is 5.32 Å². The van der Waals surface area contributed by atoms with Crippen LogP contribution in [0.2, 0.25) is 0 Å². The van der Waals surface area contributed by atoms with Gasteiger partial charge in [-0.1, -0.05) is 6.92 Å². The van der Waals surface area contributed by atoms with Crippen molar-refractivity contribution in [2.75, 3.05) is 39.9 Å². The third kappa shape index (κ3) is 5.99. The molecule has 7 heteroatoms. The maximum atomic E-state index is 12.1. The molecule has 2 N–H and O–H groups in total. The summed E-state index contributed by atoms with van der Waals surface area (Å²) in [7, 11) is 1.77. The van der Waals surface area contributed by atoms with Crippen LogP contribution in [0.1, 0.15) is 32.6 Å². The molecule has 132 valence electrons. The molecule has 2 amide bonds. The molecular formula is C16H29N3O4. The quantitative estimate of drug-likeness (QED) is 0.585. The Morgan fingerprint density at radius 1 is 1.30 bits per heavy atom. The van der Waals surface area contributed by atoms with E-state index in [9.17, 15) is 9.59 Å². The second-order valence-electron chi connectivity index (χ2n) is 6.67. The summed E-state index contributed by atoms with van der Waals surface area (Å²) in [6.07, 6.45) is 4.18. The zero-order chi connectivity index (χ0) is 16.8. The number of likely N-dealkylation sites (N-methyl/N-ethyl adjacent to an activating group) is 2. The first-order valence-electron chi connectivity index (χ1n) is 8.54. The highest BCUT2D eigenvalue weighted by Gasteiger charge is 2.35. The van der Waals surface area contributed by atoms with Crippen molar-refractivity contribution >= 4 is 12.0 Å². The second-order valence-corrected chi connectivity index (χ2v) is 6.67. The van der Waals surface area contributed by atoms with Crippen LogP contribution in [0.5, 0.6) is 0 Å². The molecule has 2 aliphatic rings. The summed E-state index contributed by atoms with van der Waals surface area (Å²) in [6.45, 7) is 4.74. The van der Waals surface area contributed by atoms with Gasteiger partial charge in [-0.05, 0) is 38.1 Å². The van der Waals surface area contributed by atoms with Gasteiger partial charge in [-0.15, -0.1) is 0 Å². The zero-order valence-electron chi connectivity index (χ0n) is 14.2. The minimum absolute atomic E-state index is 0.0695. The minimum Gasteiger partial charge on any atom is -0.480 e. The number of ether oxygens (including phenoxy) is 1. The van der Waals surface area contributed by atoms with E-state index in [1.54, 1.807) is 11.9 Å². The van der Waals surface area contributed by atoms with E-state index in [4.69, 9.17) is 9.84 Å². The van der Waals surface area contributed by atoms with Crippen LogP contribution in [-0.4, -0.2) is 78.9 Å². The third-order valence-electron chi connectivity index (χ3n) is 4.67. The highest BCUT2D eigenvalue weighted by Crippen LogP contribution is 2.28. The van der Waals surface area contributed by atoms with Crippen molar-refractivity contribution in [3.8, 4) is 0 Å². The molecular weight excluding hydrogens is 298 g/mol. The Hall–Kier alpha value is -1.34. The second kappa shape index (κ2) is 8.49. The number of carbonyl (C=O) groups excluding carboxylic acids is 1. The lowest BCUT2D eigenvalue weighted by Gasteiger charge is -2.42. The molecule has 0 aromatic rings.